The minimum atomic E-state index is -3.56. The molecule has 0 radical (unpaired) electrons. The Morgan fingerprint density at radius 3 is 2.34 bits per heavy atom. The average Bonchev–Trinajstić information content (AvgIpc) is 3.58. The van der Waals surface area contributed by atoms with Crippen LogP contribution in [0.5, 0.6) is 0 Å². The van der Waals surface area contributed by atoms with E-state index in [0.717, 1.165) is 6.42 Å². The molecule has 1 amide bonds. The van der Waals surface area contributed by atoms with Gasteiger partial charge < -0.3 is 25.7 Å². The molecule has 1 unspecified atom stereocenters. The van der Waals surface area contributed by atoms with Crippen LogP contribution in [0.15, 0.2) is 42.5 Å². The van der Waals surface area contributed by atoms with E-state index in [-0.39, 0.29) is 25.0 Å². The maximum Gasteiger partial charge on any atom is 0.328 e. The second kappa shape index (κ2) is 13.9. The normalized spacial score (nSPS) is 19.4. The Morgan fingerprint density at radius 2 is 1.82 bits per heavy atom. The number of sulfonamides is 1. The van der Waals surface area contributed by atoms with E-state index in [1.807, 2.05) is 32.0 Å². The van der Waals surface area contributed by atoms with E-state index in [1.54, 1.807) is 17.0 Å². The molecule has 13 heteroatoms. The SMILES string of the molecule is CC(C)(CN(c1ccccc1)S(=O)(=O)[C@H]1CCNC1)NCC(=O)N1CCCC1C#N.O=C(O)/C=C/C(=O)O. The third kappa shape index (κ3) is 9.13. The van der Waals surface area contributed by atoms with Crippen LogP contribution in [0, 0.1) is 11.3 Å². The average molecular weight is 550 g/mol. The maximum atomic E-state index is 13.4. The largest absolute Gasteiger partial charge is 0.478 e. The summed E-state index contributed by atoms with van der Waals surface area (Å²) in [6, 6.07) is 10.9. The summed E-state index contributed by atoms with van der Waals surface area (Å²) < 4.78 is 28.2. The van der Waals surface area contributed by atoms with Crippen molar-refractivity contribution < 1.29 is 33.0 Å². The third-order valence-electron chi connectivity index (χ3n) is 6.14. The van der Waals surface area contributed by atoms with Crippen molar-refractivity contribution in [2.24, 2.45) is 0 Å². The van der Waals surface area contributed by atoms with Crippen LogP contribution in [0.4, 0.5) is 5.69 Å². The van der Waals surface area contributed by atoms with Crippen molar-refractivity contribution in [2.75, 3.05) is 37.0 Å². The molecular formula is C25H35N5O7S. The first-order valence-corrected chi connectivity index (χ1v) is 13.7. The van der Waals surface area contributed by atoms with Crippen molar-refractivity contribution in [3.8, 4) is 6.07 Å². The number of nitrogens with zero attached hydrogens (tertiary/aromatic N) is 3. The minimum Gasteiger partial charge on any atom is -0.478 e. The molecule has 4 N–H and O–H groups in total. The van der Waals surface area contributed by atoms with Crippen molar-refractivity contribution in [2.45, 2.75) is 49.9 Å². The van der Waals surface area contributed by atoms with Gasteiger partial charge in [0, 0.05) is 30.8 Å². The number of aliphatic carboxylic acids is 2. The van der Waals surface area contributed by atoms with Gasteiger partial charge in [0.2, 0.25) is 15.9 Å². The highest BCUT2D eigenvalue weighted by atomic mass is 32.2. The number of carboxylic acids is 2. The van der Waals surface area contributed by atoms with Crippen LogP contribution in [0.2, 0.25) is 0 Å². The Kier molecular flexibility index (Phi) is 11.2. The second-order valence-corrected chi connectivity index (χ2v) is 11.8. The Labute approximate surface area is 223 Å². The molecule has 2 saturated heterocycles. The van der Waals surface area contributed by atoms with Crippen LogP contribution in [-0.2, 0) is 24.4 Å². The maximum absolute atomic E-state index is 13.4. The van der Waals surface area contributed by atoms with Crippen LogP contribution < -0.4 is 14.9 Å². The summed E-state index contributed by atoms with van der Waals surface area (Å²) in [6.45, 7) is 5.79. The van der Waals surface area contributed by atoms with Gasteiger partial charge in [-0.05, 0) is 51.8 Å². The number of likely N-dealkylation sites (tertiary alicyclic amines) is 1. The lowest BCUT2D eigenvalue weighted by Gasteiger charge is -2.36. The van der Waals surface area contributed by atoms with Gasteiger partial charge in [0.15, 0.2) is 0 Å². The lowest BCUT2D eigenvalue weighted by Crippen LogP contribution is -2.55. The van der Waals surface area contributed by atoms with Crippen LogP contribution >= 0.6 is 0 Å². The lowest BCUT2D eigenvalue weighted by molar-refractivity contribution is -0.134. The first kappa shape index (κ1) is 30.8. The number of carbonyl (C=O) groups excluding carboxylic acids is 1. The van der Waals surface area contributed by atoms with Crippen molar-refractivity contribution in [1.29, 1.82) is 5.26 Å². The number of nitrogens with one attached hydrogen (secondary N) is 2. The third-order valence-corrected chi connectivity index (χ3v) is 8.33. The fourth-order valence-electron chi connectivity index (χ4n) is 4.16. The molecule has 0 bridgehead atoms. The van der Waals surface area contributed by atoms with Crippen molar-refractivity contribution in [3.05, 3.63) is 42.5 Å². The summed E-state index contributed by atoms with van der Waals surface area (Å²) >= 11 is 0. The fraction of sp³-hybridized carbons (Fsp3) is 0.520. The number of nitriles is 1. The van der Waals surface area contributed by atoms with Gasteiger partial charge in [-0.15, -0.1) is 0 Å². The number of carboxylic acid groups (broad SMARTS) is 2. The zero-order valence-electron chi connectivity index (χ0n) is 21.5. The van der Waals surface area contributed by atoms with Gasteiger partial charge in [-0.2, -0.15) is 5.26 Å². The Morgan fingerprint density at radius 1 is 1.18 bits per heavy atom. The first-order chi connectivity index (χ1) is 17.9. The van der Waals surface area contributed by atoms with Crippen LogP contribution in [0.3, 0.4) is 0 Å². The van der Waals surface area contributed by atoms with Crippen LogP contribution in [-0.4, -0.2) is 90.9 Å². The molecule has 1 aromatic carbocycles. The molecule has 2 aliphatic rings. The highest BCUT2D eigenvalue weighted by molar-refractivity contribution is 7.93. The molecule has 12 nitrogen and oxygen atoms in total. The molecule has 2 atom stereocenters. The molecule has 38 heavy (non-hydrogen) atoms. The van der Waals surface area contributed by atoms with Gasteiger partial charge >= 0.3 is 11.9 Å². The van der Waals surface area contributed by atoms with Crippen molar-refractivity contribution in [1.82, 2.24) is 15.5 Å². The summed E-state index contributed by atoms with van der Waals surface area (Å²) in [5, 5.41) is 30.7. The molecule has 2 heterocycles. The summed E-state index contributed by atoms with van der Waals surface area (Å²) in [5.41, 5.74) is -0.0263. The number of anilines is 1. The van der Waals surface area contributed by atoms with Gasteiger partial charge in [-0.3, -0.25) is 9.10 Å². The molecule has 2 aliphatic heterocycles. The Hall–Kier alpha value is -3.47. The smallest absolute Gasteiger partial charge is 0.328 e. The molecule has 0 aliphatic carbocycles. The molecule has 0 spiro atoms. The van der Waals surface area contributed by atoms with E-state index in [0.29, 0.717) is 50.3 Å². The number of benzene rings is 1. The Bertz CT molecular complexity index is 1130. The minimum absolute atomic E-state index is 0.0683. The monoisotopic (exact) mass is 549 g/mol. The van der Waals surface area contributed by atoms with Gasteiger partial charge in [0.05, 0.1) is 30.1 Å². The summed E-state index contributed by atoms with van der Waals surface area (Å²) in [7, 11) is -3.56. The zero-order chi connectivity index (χ0) is 28.3. The number of para-hydroxylation sites is 1. The number of rotatable bonds is 10. The summed E-state index contributed by atoms with van der Waals surface area (Å²) in [5.74, 6) is -2.64. The number of hydrogen-bond acceptors (Lipinski definition) is 8. The van der Waals surface area contributed by atoms with Gasteiger partial charge in [0.1, 0.15) is 6.04 Å². The van der Waals surface area contributed by atoms with E-state index >= 15 is 0 Å². The summed E-state index contributed by atoms with van der Waals surface area (Å²) in [6.07, 6.45) is 3.25. The molecule has 1 aromatic rings. The first-order valence-electron chi connectivity index (χ1n) is 12.2. The second-order valence-electron chi connectivity index (χ2n) is 9.62. The van der Waals surface area contributed by atoms with Crippen molar-refractivity contribution in [3.63, 3.8) is 0 Å². The standard InChI is InChI=1S/C21H31N5O3S.C4H4O4/c1-21(2,24-15-20(27)25-12-6-9-18(25)13-22)16-26(17-7-4-3-5-8-17)30(28,29)19-10-11-23-14-19;5-3(6)1-2-4(7)8/h3-5,7-8,18-19,23-24H,6,9-12,14-16H2,1-2H3;1-2H,(H,5,6)(H,7,8)/b;2-1+/t18?,19-;/m0./s1. The zero-order valence-corrected chi connectivity index (χ0v) is 22.4. The van der Waals surface area contributed by atoms with E-state index in [1.165, 1.54) is 4.31 Å². The molecular weight excluding hydrogens is 514 g/mol. The molecule has 2 fully saturated rings. The number of carbonyl (C=O) groups is 3. The van der Waals surface area contributed by atoms with Gasteiger partial charge in [-0.1, -0.05) is 18.2 Å². The molecule has 208 valence electrons. The fourth-order valence-corrected chi connectivity index (χ4v) is 6.18. The van der Waals surface area contributed by atoms with Crippen LogP contribution in [0.25, 0.3) is 0 Å². The van der Waals surface area contributed by atoms with E-state index < -0.39 is 32.8 Å². The Balaban J connectivity index is 0.000000550. The predicted octanol–water partition coefficient (Wildman–Crippen LogP) is 0.779. The number of amides is 1. The highest BCUT2D eigenvalue weighted by Crippen LogP contribution is 2.25. The quantitative estimate of drug-likeness (QED) is 0.305. The number of hydrogen-bond donors (Lipinski definition) is 4. The van der Waals surface area contributed by atoms with E-state index in [2.05, 4.69) is 16.7 Å². The lowest BCUT2D eigenvalue weighted by atomic mass is 10.1. The van der Waals surface area contributed by atoms with Gasteiger partial charge in [-0.25, -0.2) is 18.0 Å². The topological polar surface area (TPSA) is 180 Å². The van der Waals surface area contributed by atoms with Crippen molar-refractivity contribution >= 4 is 33.6 Å². The molecule has 0 saturated carbocycles. The summed E-state index contributed by atoms with van der Waals surface area (Å²) in [4.78, 5) is 33.3. The highest BCUT2D eigenvalue weighted by Gasteiger charge is 2.37. The molecule has 0 aromatic heterocycles. The predicted molar refractivity (Wildman–Crippen MR) is 141 cm³/mol. The molecule has 3 rings (SSSR count). The van der Waals surface area contributed by atoms with E-state index in [4.69, 9.17) is 10.2 Å². The van der Waals surface area contributed by atoms with Crippen LogP contribution in [0.1, 0.15) is 33.1 Å². The van der Waals surface area contributed by atoms with Gasteiger partial charge in [0.25, 0.3) is 0 Å². The van der Waals surface area contributed by atoms with E-state index in [9.17, 15) is 28.1 Å².